The number of benzene rings is 1. The van der Waals surface area contributed by atoms with E-state index in [-0.39, 0.29) is 12.3 Å². The van der Waals surface area contributed by atoms with Crippen LogP contribution in [0.3, 0.4) is 0 Å². The first-order valence-corrected chi connectivity index (χ1v) is 9.83. The van der Waals surface area contributed by atoms with Gasteiger partial charge in [0.1, 0.15) is 5.82 Å². The van der Waals surface area contributed by atoms with E-state index in [0.29, 0.717) is 0 Å². The Morgan fingerprint density at radius 1 is 1.03 bits per heavy atom. The summed E-state index contributed by atoms with van der Waals surface area (Å²) in [5, 5.41) is 6.23. The number of nitrogens with one attached hydrogen (secondary N) is 2. The van der Waals surface area contributed by atoms with Gasteiger partial charge in [0.25, 0.3) is 0 Å². The first-order valence-electron chi connectivity index (χ1n) is 9.83. The minimum atomic E-state index is -0.0916. The Kier molecular flexibility index (Phi) is 5.65. The molecule has 0 radical (unpaired) electrons. The maximum absolute atomic E-state index is 12.2. The number of carbonyl (C=O) groups excluding carboxylic acids is 1. The molecule has 2 N–H and O–H groups in total. The second-order valence-electron chi connectivity index (χ2n) is 7.14. The van der Waals surface area contributed by atoms with Gasteiger partial charge in [-0.05, 0) is 56.2 Å². The monoisotopic (exact) mass is 388 g/mol. The van der Waals surface area contributed by atoms with Gasteiger partial charge in [-0.25, -0.2) is 4.98 Å². The molecule has 4 rings (SSSR count). The normalized spacial score (nSPS) is 13.3. The maximum Gasteiger partial charge on any atom is 0.230 e. The molecular formula is C22H24N6O. The summed E-state index contributed by atoms with van der Waals surface area (Å²) in [6.45, 7) is 4.00. The summed E-state index contributed by atoms with van der Waals surface area (Å²) in [5.74, 6) is 1.46. The molecule has 0 aliphatic carbocycles. The Bertz CT molecular complexity index is 968. The van der Waals surface area contributed by atoms with Crippen molar-refractivity contribution < 1.29 is 4.79 Å². The first-order chi connectivity index (χ1) is 14.2. The summed E-state index contributed by atoms with van der Waals surface area (Å²) < 4.78 is 0. The van der Waals surface area contributed by atoms with Crippen LogP contribution in [0.15, 0.2) is 54.7 Å². The molecule has 3 heterocycles. The van der Waals surface area contributed by atoms with Gasteiger partial charge in [0.15, 0.2) is 0 Å². The molecule has 3 aromatic rings. The zero-order chi connectivity index (χ0) is 20.1. The van der Waals surface area contributed by atoms with Gasteiger partial charge in [-0.2, -0.15) is 4.98 Å². The third-order valence-corrected chi connectivity index (χ3v) is 4.74. The number of carbonyl (C=O) groups is 1. The van der Waals surface area contributed by atoms with E-state index in [1.807, 2.05) is 55.5 Å². The lowest BCUT2D eigenvalue weighted by molar-refractivity contribution is -0.115. The second kappa shape index (κ2) is 8.68. The van der Waals surface area contributed by atoms with Crippen LogP contribution in [0.25, 0.3) is 0 Å². The fourth-order valence-corrected chi connectivity index (χ4v) is 3.33. The van der Waals surface area contributed by atoms with Crippen LogP contribution in [-0.4, -0.2) is 33.9 Å². The number of rotatable bonds is 6. The van der Waals surface area contributed by atoms with Crippen molar-refractivity contribution in [2.75, 3.05) is 28.6 Å². The van der Waals surface area contributed by atoms with E-state index in [0.717, 1.165) is 47.6 Å². The molecule has 1 aliphatic rings. The lowest BCUT2D eigenvalue weighted by atomic mass is 10.2. The third-order valence-electron chi connectivity index (χ3n) is 4.74. The molecule has 1 saturated heterocycles. The zero-order valence-electron chi connectivity index (χ0n) is 16.4. The SMILES string of the molecule is Cc1cc(Nc2ccc(NC(=O)Cc3ccccn3)cc2)nc(N2CCCC2)n1. The van der Waals surface area contributed by atoms with Gasteiger partial charge in [0.2, 0.25) is 11.9 Å². The molecule has 1 aliphatic heterocycles. The standard InChI is InChI=1S/C22H24N6O/c1-16-14-20(27-22(24-16)28-12-4-5-13-28)25-17-7-9-18(10-8-17)26-21(29)15-19-6-2-3-11-23-19/h2-3,6-11,14H,4-5,12-13,15H2,1H3,(H,26,29)(H,24,25,27). The maximum atomic E-state index is 12.2. The zero-order valence-corrected chi connectivity index (χ0v) is 16.4. The number of amides is 1. The Morgan fingerprint density at radius 2 is 1.79 bits per heavy atom. The number of anilines is 4. The predicted octanol–water partition coefficient (Wildman–Crippen LogP) is 3.71. The molecule has 29 heavy (non-hydrogen) atoms. The predicted molar refractivity (Wildman–Crippen MR) is 115 cm³/mol. The van der Waals surface area contributed by atoms with Crippen LogP contribution in [0.4, 0.5) is 23.1 Å². The fourth-order valence-electron chi connectivity index (χ4n) is 3.33. The van der Waals surface area contributed by atoms with Crippen LogP contribution < -0.4 is 15.5 Å². The van der Waals surface area contributed by atoms with Crippen molar-refractivity contribution >= 4 is 29.0 Å². The van der Waals surface area contributed by atoms with Gasteiger partial charge in [-0.1, -0.05) is 6.07 Å². The molecule has 0 unspecified atom stereocenters. The highest BCUT2D eigenvalue weighted by Gasteiger charge is 2.16. The summed E-state index contributed by atoms with van der Waals surface area (Å²) in [6.07, 6.45) is 4.31. The quantitative estimate of drug-likeness (QED) is 0.670. The second-order valence-corrected chi connectivity index (χ2v) is 7.14. The molecular weight excluding hydrogens is 364 g/mol. The Balaban J connectivity index is 1.39. The summed E-state index contributed by atoms with van der Waals surface area (Å²) in [4.78, 5) is 27.8. The molecule has 148 valence electrons. The van der Waals surface area contributed by atoms with Crippen LogP contribution in [0.5, 0.6) is 0 Å². The van der Waals surface area contributed by atoms with Crippen LogP contribution in [0, 0.1) is 6.92 Å². The van der Waals surface area contributed by atoms with Crippen LogP contribution in [0.1, 0.15) is 24.2 Å². The van der Waals surface area contributed by atoms with Gasteiger partial charge in [0, 0.05) is 48.1 Å². The average molecular weight is 388 g/mol. The van der Waals surface area contributed by atoms with E-state index in [4.69, 9.17) is 0 Å². The summed E-state index contributed by atoms with van der Waals surface area (Å²) >= 11 is 0. The summed E-state index contributed by atoms with van der Waals surface area (Å²) in [6, 6.07) is 15.1. The summed E-state index contributed by atoms with van der Waals surface area (Å²) in [7, 11) is 0. The highest BCUT2D eigenvalue weighted by Crippen LogP contribution is 2.22. The molecule has 0 atom stereocenters. The van der Waals surface area contributed by atoms with Gasteiger partial charge in [-0.3, -0.25) is 9.78 Å². The lowest BCUT2D eigenvalue weighted by Gasteiger charge is -2.17. The van der Waals surface area contributed by atoms with E-state index in [9.17, 15) is 4.79 Å². The average Bonchev–Trinajstić information content (AvgIpc) is 3.25. The number of aryl methyl sites for hydroxylation is 1. The largest absolute Gasteiger partial charge is 0.341 e. The van der Waals surface area contributed by atoms with Crippen LogP contribution >= 0.6 is 0 Å². The smallest absolute Gasteiger partial charge is 0.230 e. The molecule has 1 fully saturated rings. The van der Waals surface area contributed by atoms with Crippen LogP contribution in [-0.2, 0) is 11.2 Å². The number of hydrogen-bond donors (Lipinski definition) is 2. The van der Waals surface area contributed by atoms with Crippen molar-refractivity contribution in [3.8, 4) is 0 Å². The molecule has 0 saturated carbocycles. The summed E-state index contributed by atoms with van der Waals surface area (Å²) in [5.41, 5.74) is 3.32. The minimum Gasteiger partial charge on any atom is -0.341 e. The van der Waals surface area contributed by atoms with Crippen molar-refractivity contribution in [1.82, 2.24) is 15.0 Å². The Morgan fingerprint density at radius 3 is 2.52 bits per heavy atom. The van der Waals surface area contributed by atoms with Gasteiger partial charge < -0.3 is 15.5 Å². The number of pyridine rings is 1. The highest BCUT2D eigenvalue weighted by molar-refractivity contribution is 5.92. The number of hydrogen-bond acceptors (Lipinski definition) is 6. The van der Waals surface area contributed by atoms with Gasteiger partial charge >= 0.3 is 0 Å². The molecule has 0 bridgehead atoms. The minimum absolute atomic E-state index is 0.0916. The molecule has 7 nitrogen and oxygen atoms in total. The van der Waals surface area contributed by atoms with E-state index >= 15 is 0 Å². The van der Waals surface area contributed by atoms with Crippen molar-refractivity contribution in [2.24, 2.45) is 0 Å². The van der Waals surface area contributed by atoms with E-state index in [1.165, 1.54) is 12.8 Å². The molecule has 1 aromatic carbocycles. The molecule has 0 spiro atoms. The van der Waals surface area contributed by atoms with Crippen LogP contribution in [0.2, 0.25) is 0 Å². The van der Waals surface area contributed by atoms with E-state index in [1.54, 1.807) is 6.20 Å². The topological polar surface area (TPSA) is 83.0 Å². The lowest BCUT2D eigenvalue weighted by Crippen LogP contribution is -2.21. The van der Waals surface area contributed by atoms with Crippen molar-refractivity contribution in [3.05, 3.63) is 66.1 Å². The van der Waals surface area contributed by atoms with Gasteiger partial charge in [0.05, 0.1) is 6.42 Å². The number of nitrogens with zero attached hydrogens (tertiary/aromatic N) is 4. The van der Waals surface area contributed by atoms with Crippen molar-refractivity contribution in [1.29, 1.82) is 0 Å². The van der Waals surface area contributed by atoms with Crippen molar-refractivity contribution in [3.63, 3.8) is 0 Å². The van der Waals surface area contributed by atoms with E-state index in [2.05, 4.69) is 30.5 Å². The Labute approximate surface area is 170 Å². The third kappa shape index (κ3) is 5.07. The molecule has 1 amide bonds. The highest BCUT2D eigenvalue weighted by atomic mass is 16.1. The Hall–Kier alpha value is -3.48. The van der Waals surface area contributed by atoms with Gasteiger partial charge in [-0.15, -0.1) is 0 Å². The molecule has 2 aromatic heterocycles. The van der Waals surface area contributed by atoms with Crippen molar-refractivity contribution in [2.45, 2.75) is 26.2 Å². The fraction of sp³-hybridized carbons (Fsp3) is 0.273. The van der Waals surface area contributed by atoms with E-state index < -0.39 is 0 Å². The number of aromatic nitrogens is 3. The molecule has 7 heteroatoms. The first kappa shape index (κ1) is 18.9.